The third-order valence-electron chi connectivity index (χ3n) is 6.36. The Bertz CT molecular complexity index is 1350. The Morgan fingerprint density at radius 2 is 1.75 bits per heavy atom. The molecule has 8 heteroatoms. The minimum Gasteiger partial charge on any atom is -0.507 e. The van der Waals surface area contributed by atoms with E-state index >= 15 is 0 Å². The molecule has 0 saturated carbocycles. The van der Waals surface area contributed by atoms with Gasteiger partial charge in [0.2, 0.25) is 0 Å². The fraction of sp³-hybridized carbons (Fsp3) is 0.214. The van der Waals surface area contributed by atoms with Crippen molar-refractivity contribution in [2.24, 2.45) is 0 Å². The number of aliphatic hydroxyl groups is 1. The number of aromatic hydroxyl groups is 1. The molecule has 2 N–H and O–H groups in total. The number of nitrogens with zero attached hydrogens (tertiary/aromatic N) is 1. The molecule has 8 nitrogen and oxygen atoms in total. The molecule has 0 aliphatic carbocycles. The van der Waals surface area contributed by atoms with Crippen LogP contribution >= 0.6 is 0 Å². The summed E-state index contributed by atoms with van der Waals surface area (Å²) in [7, 11) is 1.42. The minimum absolute atomic E-state index is 0.0440. The zero-order chi connectivity index (χ0) is 25.2. The van der Waals surface area contributed by atoms with E-state index in [1.807, 2.05) is 30.3 Å². The van der Waals surface area contributed by atoms with Gasteiger partial charge in [-0.15, -0.1) is 0 Å². The number of amides is 1. The molecule has 2 aliphatic heterocycles. The molecule has 36 heavy (non-hydrogen) atoms. The van der Waals surface area contributed by atoms with E-state index in [4.69, 9.17) is 14.2 Å². The number of carbonyl (C=O) groups is 2. The first kappa shape index (κ1) is 23.3. The number of ether oxygens (including phenoxy) is 3. The zero-order valence-electron chi connectivity index (χ0n) is 19.6. The number of phenolic OH excluding ortho intramolecular Hbond substituents is 1. The van der Waals surface area contributed by atoms with Gasteiger partial charge in [-0.2, -0.15) is 0 Å². The van der Waals surface area contributed by atoms with Gasteiger partial charge < -0.3 is 29.3 Å². The monoisotopic (exact) mass is 487 g/mol. The fourth-order valence-corrected chi connectivity index (χ4v) is 4.56. The lowest BCUT2D eigenvalue weighted by Gasteiger charge is -2.26. The minimum atomic E-state index is -0.878. The molecule has 3 aromatic rings. The summed E-state index contributed by atoms with van der Waals surface area (Å²) in [5.74, 6) is -0.693. The lowest BCUT2D eigenvalue weighted by molar-refractivity contribution is -0.139. The predicted octanol–water partition coefficient (Wildman–Crippen LogP) is 3.84. The number of ketones is 1. The molecular weight excluding hydrogens is 462 g/mol. The summed E-state index contributed by atoms with van der Waals surface area (Å²) < 4.78 is 16.4. The Morgan fingerprint density at radius 1 is 1.00 bits per heavy atom. The highest BCUT2D eigenvalue weighted by atomic mass is 16.6. The number of aliphatic hydroxyl groups excluding tert-OH is 1. The van der Waals surface area contributed by atoms with Crippen LogP contribution < -0.4 is 14.2 Å². The third-order valence-corrected chi connectivity index (χ3v) is 6.36. The van der Waals surface area contributed by atoms with E-state index in [-0.39, 0.29) is 29.4 Å². The van der Waals surface area contributed by atoms with Gasteiger partial charge in [-0.3, -0.25) is 9.59 Å². The molecule has 5 rings (SSSR count). The average molecular weight is 488 g/mol. The summed E-state index contributed by atoms with van der Waals surface area (Å²) in [6.45, 7) is 1.04. The molecule has 184 valence electrons. The highest BCUT2D eigenvalue weighted by molar-refractivity contribution is 6.46. The second-order valence-corrected chi connectivity index (χ2v) is 8.52. The number of likely N-dealkylation sites (tertiary alicyclic amines) is 1. The number of benzene rings is 3. The fourth-order valence-electron chi connectivity index (χ4n) is 4.56. The first-order chi connectivity index (χ1) is 17.5. The van der Waals surface area contributed by atoms with Gasteiger partial charge in [-0.05, 0) is 47.9 Å². The van der Waals surface area contributed by atoms with E-state index < -0.39 is 17.7 Å². The normalized spacial score (nSPS) is 18.4. The van der Waals surface area contributed by atoms with Crippen LogP contribution in [0.5, 0.6) is 23.0 Å². The quantitative estimate of drug-likeness (QED) is 0.309. The summed E-state index contributed by atoms with van der Waals surface area (Å²) in [5, 5.41) is 21.4. The molecule has 2 heterocycles. The van der Waals surface area contributed by atoms with Gasteiger partial charge in [0.15, 0.2) is 23.0 Å². The van der Waals surface area contributed by atoms with E-state index in [0.717, 1.165) is 5.56 Å². The zero-order valence-corrected chi connectivity index (χ0v) is 19.6. The van der Waals surface area contributed by atoms with Crippen LogP contribution in [0.3, 0.4) is 0 Å². The summed E-state index contributed by atoms with van der Waals surface area (Å²) >= 11 is 0. The van der Waals surface area contributed by atoms with Gasteiger partial charge in [-0.25, -0.2) is 0 Å². The number of carbonyl (C=O) groups excluding carboxylic acids is 2. The predicted molar refractivity (Wildman–Crippen MR) is 131 cm³/mol. The van der Waals surface area contributed by atoms with E-state index in [1.54, 1.807) is 30.3 Å². The molecule has 0 radical (unpaired) electrons. The van der Waals surface area contributed by atoms with Gasteiger partial charge in [0, 0.05) is 12.1 Å². The smallest absolute Gasteiger partial charge is 0.295 e. The van der Waals surface area contributed by atoms with Crippen molar-refractivity contribution in [3.63, 3.8) is 0 Å². The second-order valence-electron chi connectivity index (χ2n) is 8.52. The highest BCUT2D eigenvalue weighted by Gasteiger charge is 2.46. The van der Waals surface area contributed by atoms with Crippen LogP contribution in [-0.4, -0.2) is 53.7 Å². The molecule has 1 saturated heterocycles. The third kappa shape index (κ3) is 4.22. The lowest BCUT2D eigenvalue weighted by Crippen LogP contribution is -2.31. The topological polar surface area (TPSA) is 106 Å². The number of hydrogen-bond donors (Lipinski definition) is 2. The molecule has 1 fully saturated rings. The van der Waals surface area contributed by atoms with Gasteiger partial charge in [0.1, 0.15) is 19.0 Å². The van der Waals surface area contributed by atoms with Crippen LogP contribution in [0.1, 0.15) is 22.7 Å². The Morgan fingerprint density at radius 3 is 2.50 bits per heavy atom. The second kappa shape index (κ2) is 9.65. The number of rotatable bonds is 6. The van der Waals surface area contributed by atoms with Crippen molar-refractivity contribution >= 4 is 17.4 Å². The van der Waals surface area contributed by atoms with Gasteiger partial charge in [0.05, 0.1) is 18.7 Å². The van der Waals surface area contributed by atoms with Crippen molar-refractivity contribution in [2.75, 3.05) is 26.9 Å². The number of phenols is 1. The number of hydrogen-bond acceptors (Lipinski definition) is 7. The van der Waals surface area contributed by atoms with Gasteiger partial charge >= 0.3 is 0 Å². The van der Waals surface area contributed by atoms with Gasteiger partial charge in [-0.1, -0.05) is 36.4 Å². The average Bonchev–Trinajstić information content (AvgIpc) is 3.17. The summed E-state index contributed by atoms with van der Waals surface area (Å²) in [4.78, 5) is 28.0. The summed E-state index contributed by atoms with van der Waals surface area (Å²) in [6.07, 6.45) is 0.518. The maximum absolute atomic E-state index is 13.3. The molecule has 2 aliphatic rings. The van der Waals surface area contributed by atoms with Crippen molar-refractivity contribution in [3.8, 4) is 23.0 Å². The van der Waals surface area contributed by atoms with Crippen LogP contribution in [0.25, 0.3) is 5.76 Å². The standard InChI is InChI=1S/C28H25NO7/c1-34-22-15-18(7-9-20(22)30)25-24(26(31)19-8-10-21-23(16-19)36-14-13-35-21)27(32)28(33)29(25)12-11-17-5-3-2-4-6-17/h2-10,15-16,25,30-31H,11-14H2,1H3/b26-24+. The Balaban J connectivity index is 1.60. The van der Waals surface area contributed by atoms with Gasteiger partial charge in [0.25, 0.3) is 11.7 Å². The van der Waals surface area contributed by atoms with Crippen molar-refractivity contribution in [1.82, 2.24) is 4.90 Å². The number of Topliss-reactive ketones (excluding diaryl/α,β-unsaturated/α-hetero) is 1. The van der Waals surface area contributed by atoms with E-state index in [2.05, 4.69) is 0 Å². The molecular formula is C28H25NO7. The number of methoxy groups -OCH3 is 1. The first-order valence-electron chi connectivity index (χ1n) is 11.6. The largest absolute Gasteiger partial charge is 0.507 e. The molecule has 1 atom stereocenters. The first-order valence-corrected chi connectivity index (χ1v) is 11.6. The maximum Gasteiger partial charge on any atom is 0.295 e. The Kier molecular flexibility index (Phi) is 6.25. The lowest BCUT2D eigenvalue weighted by atomic mass is 9.94. The summed E-state index contributed by atoms with van der Waals surface area (Å²) in [5.41, 5.74) is 1.82. The Labute approximate surface area is 208 Å². The maximum atomic E-state index is 13.3. The van der Waals surface area contributed by atoms with Crippen LogP contribution in [0, 0.1) is 0 Å². The number of fused-ring (bicyclic) bond motifs is 1. The van der Waals surface area contributed by atoms with Crippen molar-refractivity contribution in [2.45, 2.75) is 12.5 Å². The van der Waals surface area contributed by atoms with Crippen LogP contribution in [0.2, 0.25) is 0 Å². The van der Waals surface area contributed by atoms with E-state index in [1.165, 1.54) is 18.1 Å². The van der Waals surface area contributed by atoms with Crippen molar-refractivity contribution in [3.05, 3.63) is 89.0 Å². The van der Waals surface area contributed by atoms with Crippen LogP contribution in [0.4, 0.5) is 0 Å². The molecule has 0 bridgehead atoms. The Hall–Kier alpha value is -4.46. The highest BCUT2D eigenvalue weighted by Crippen LogP contribution is 2.43. The van der Waals surface area contributed by atoms with E-state index in [9.17, 15) is 19.8 Å². The molecule has 0 spiro atoms. The van der Waals surface area contributed by atoms with Crippen molar-refractivity contribution in [1.29, 1.82) is 0 Å². The van der Waals surface area contributed by atoms with Crippen molar-refractivity contribution < 1.29 is 34.0 Å². The van der Waals surface area contributed by atoms with E-state index in [0.29, 0.717) is 42.3 Å². The SMILES string of the molecule is COc1cc(C2/C(=C(\O)c3ccc4c(c3)OCCO4)C(=O)C(=O)N2CCc2ccccc2)ccc1O. The van der Waals surface area contributed by atoms with Crippen LogP contribution in [-0.2, 0) is 16.0 Å². The summed E-state index contributed by atoms with van der Waals surface area (Å²) in [6, 6.07) is 18.2. The molecule has 1 unspecified atom stereocenters. The molecule has 0 aromatic heterocycles. The molecule has 1 amide bonds. The molecule has 3 aromatic carbocycles. The van der Waals surface area contributed by atoms with Crippen LogP contribution in [0.15, 0.2) is 72.3 Å².